The lowest BCUT2D eigenvalue weighted by atomic mass is 10.0. The van der Waals surface area contributed by atoms with E-state index in [1.807, 2.05) is 12.1 Å². The maximum atomic E-state index is 11.3. The smallest absolute Gasteiger partial charge is 0.159 e. The molecule has 1 aliphatic rings. The van der Waals surface area contributed by atoms with Crippen molar-refractivity contribution in [1.82, 2.24) is 0 Å². The van der Waals surface area contributed by atoms with Crippen LogP contribution in [0.25, 0.3) is 0 Å². The molecule has 0 unspecified atom stereocenters. The Morgan fingerprint density at radius 1 is 1.36 bits per heavy atom. The van der Waals surface area contributed by atoms with Gasteiger partial charge in [-0.3, -0.25) is 4.79 Å². The minimum atomic E-state index is 0.172. The van der Waals surface area contributed by atoms with Gasteiger partial charge in [0.15, 0.2) is 5.78 Å². The molecule has 0 aliphatic heterocycles. The van der Waals surface area contributed by atoms with Crippen molar-refractivity contribution < 1.29 is 4.79 Å². The Morgan fingerprint density at radius 2 is 2.07 bits per heavy atom. The van der Waals surface area contributed by atoms with Gasteiger partial charge >= 0.3 is 0 Å². The molecule has 74 valence electrons. The van der Waals surface area contributed by atoms with E-state index >= 15 is 0 Å². The quantitative estimate of drug-likeness (QED) is 0.666. The summed E-state index contributed by atoms with van der Waals surface area (Å²) in [5.74, 6) is 1.06. The second-order valence-corrected chi connectivity index (χ2v) is 4.41. The lowest BCUT2D eigenvalue weighted by molar-refractivity contribution is 0.101. The van der Waals surface area contributed by atoms with Crippen LogP contribution in [0, 0.1) is 12.8 Å². The molecule has 1 heteroatoms. The molecule has 1 saturated carbocycles. The fourth-order valence-corrected chi connectivity index (χ4v) is 1.84. The molecule has 0 bridgehead atoms. The van der Waals surface area contributed by atoms with Gasteiger partial charge < -0.3 is 0 Å². The molecule has 1 aromatic rings. The van der Waals surface area contributed by atoms with Gasteiger partial charge in [0.1, 0.15) is 0 Å². The second-order valence-electron chi connectivity index (χ2n) is 4.41. The van der Waals surface area contributed by atoms with Crippen LogP contribution in [-0.4, -0.2) is 5.78 Å². The summed E-state index contributed by atoms with van der Waals surface area (Å²) in [5.41, 5.74) is 3.40. The first-order chi connectivity index (χ1) is 6.65. The number of rotatable bonds is 3. The van der Waals surface area contributed by atoms with Gasteiger partial charge in [-0.1, -0.05) is 11.6 Å². The van der Waals surface area contributed by atoms with E-state index in [-0.39, 0.29) is 5.78 Å². The van der Waals surface area contributed by atoms with Gasteiger partial charge in [0, 0.05) is 5.56 Å². The summed E-state index contributed by atoms with van der Waals surface area (Å²) in [4.78, 5) is 11.3. The van der Waals surface area contributed by atoms with Crippen molar-refractivity contribution in [2.75, 3.05) is 0 Å². The molecular weight excluding hydrogens is 172 g/mol. The molecule has 0 atom stereocenters. The Hall–Kier alpha value is -1.11. The summed E-state index contributed by atoms with van der Waals surface area (Å²) in [6.07, 6.45) is 3.88. The lowest BCUT2D eigenvalue weighted by Crippen LogP contribution is -1.96. The fourth-order valence-electron chi connectivity index (χ4n) is 1.84. The summed E-state index contributed by atoms with van der Waals surface area (Å²) < 4.78 is 0. The van der Waals surface area contributed by atoms with Crippen LogP contribution < -0.4 is 0 Å². The van der Waals surface area contributed by atoms with E-state index in [1.54, 1.807) is 6.92 Å². The van der Waals surface area contributed by atoms with Crippen molar-refractivity contribution >= 4 is 5.78 Å². The van der Waals surface area contributed by atoms with E-state index in [9.17, 15) is 4.79 Å². The number of hydrogen-bond acceptors (Lipinski definition) is 1. The van der Waals surface area contributed by atoms with Crippen LogP contribution in [0.5, 0.6) is 0 Å². The molecule has 1 nitrogen and oxygen atoms in total. The third-order valence-electron chi connectivity index (χ3n) is 2.76. The zero-order valence-corrected chi connectivity index (χ0v) is 8.84. The molecule has 1 fully saturated rings. The number of aryl methyl sites for hydroxylation is 1. The number of ketones is 1. The average Bonchev–Trinajstić information content (AvgIpc) is 2.87. The average molecular weight is 188 g/mol. The lowest BCUT2D eigenvalue weighted by Gasteiger charge is -2.04. The van der Waals surface area contributed by atoms with Gasteiger partial charge in [-0.05, 0) is 56.7 Å². The summed E-state index contributed by atoms with van der Waals surface area (Å²) >= 11 is 0. The number of carbonyl (C=O) groups is 1. The SMILES string of the molecule is CC(=O)c1cc(C)cc(CC2CC2)c1. The number of benzene rings is 1. The Kier molecular flexibility index (Phi) is 2.40. The molecule has 1 aromatic carbocycles. The van der Waals surface area contributed by atoms with Gasteiger partial charge in [-0.25, -0.2) is 0 Å². The van der Waals surface area contributed by atoms with Gasteiger partial charge in [0.25, 0.3) is 0 Å². The largest absolute Gasteiger partial charge is 0.295 e. The van der Waals surface area contributed by atoms with Crippen LogP contribution in [0.4, 0.5) is 0 Å². The second kappa shape index (κ2) is 3.56. The first kappa shape index (κ1) is 9.45. The highest BCUT2D eigenvalue weighted by Gasteiger charge is 2.21. The normalized spacial score (nSPS) is 15.6. The molecule has 0 aromatic heterocycles. The first-order valence-corrected chi connectivity index (χ1v) is 5.26. The highest BCUT2D eigenvalue weighted by Crippen LogP contribution is 2.32. The van der Waals surface area contributed by atoms with E-state index in [1.165, 1.54) is 24.0 Å². The van der Waals surface area contributed by atoms with Crippen molar-refractivity contribution in [3.8, 4) is 0 Å². The highest BCUT2D eigenvalue weighted by atomic mass is 16.1. The third kappa shape index (κ3) is 2.22. The topological polar surface area (TPSA) is 17.1 Å². The maximum absolute atomic E-state index is 11.3. The predicted molar refractivity (Wildman–Crippen MR) is 57.6 cm³/mol. The monoisotopic (exact) mass is 188 g/mol. The van der Waals surface area contributed by atoms with Gasteiger partial charge in [-0.15, -0.1) is 0 Å². The van der Waals surface area contributed by atoms with Gasteiger partial charge in [-0.2, -0.15) is 0 Å². The van der Waals surface area contributed by atoms with Gasteiger partial charge in [0.2, 0.25) is 0 Å². The zero-order chi connectivity index (χ0) is 10.1. The Labute approximate surface area is 85.1 Å². The van der Waals surface area contributed by atoms with Crippen LogP contribution in [0.3, 0.4) is 0 Å². The highest BCUT2D eigenvalue weighted by molar-refractivity contribution is 5.94. The van der Waals surface area contributed by atoms with Crippen molar-refractivity contribution in [2.24, 2.45) is 5.92 Å². The minimum absolute atomic E-state index is 0.172. The van der Waals surface area contributed by atoms with Crippen LogP contribution >= 0.6 is 0 Å². The summed E-state index contributed by atoms with van der Waals surface area (Å²) in [7, 11) is 0. The predicted octanol–water partition coefficient (Wildman–Crippen LogP) is 3.15. The van der Waals surface area contributed by atoms with Crippen molar-refractivity contribution in [3.05, 3.63) is 34.9 Å². The van der Waals surface area contributed by atoms with Crippen LogP contribution in [0.15, 0.2) is 18.2 Å². The van der Waals surface area contributed by atoms with E-state index in [2.05, 4.69) is 13.0 Å². The molecule has 0 saturated heterocycles. The third-order valence-corrected chi connectivity index (χ3v) is 2.76. The Morgan fingerprint density at radius 3 is 2.64 bits per heavy atom. The standard InChI is InChI=1S/C13H16O/c1-9-5-12(7-11-3-4-11)8-13(6-9)10(2)14/h5-6,8,11H,3-4,7H2,1-2H3. The van der Waals surface area contributed by atoms with Crippen molar-refractivity contribution in [1.29, 1.82) is 0 Å². The molecule has 0 radical (unpaired) electrons. The van der Waals surface area contributed by atoms with E-state index in [0.717, 1.165) is 17.9 Å². The van der Waals surface area contributed by atoms with Crippen LogP contribution in [0.1, 0.15) is 41.3 Å². The summed E-state index contributed by atoms with van der Waals surface area (Å²) in [6, 6.07) is 6.22. The Balaban J connectivity index is 2.25. The van der Waals surface area contributed by atoms with Gasteiger partial charge in [0.05, 0.1) is 0 Å². The molecule has 14 heavy (non-hydrogen) atoms. The van der Waals surface area contributed by atoms with Crippen molar-refractivity contribution in [2.45, 2.75) is 33.1 Å². The molecule has 2 rings (SSSR count). The fraction of sp³-hybridized carbons (Fsp3) is 0.462. The zero-order valence-electron chi connectivity index (χ0n) is 8.84. The molecule has 0 spiro atoms. The van der Waals surface area contributed by atoms with Crippen molar-refractivity contribution in [3.63, 3.8) is 0 Å². The first-order valence-electron chi connectivity index (χ1n) is 5.26. The maximum Gasteiger partial charge on any atom is 0.159 e. The van der Waals surface area contributed by atoms with E-state index < -0.39 is 0 Å². The molecule has 1 aliphatic carbocycles. The molecular formula is C13H16O. The number of carbonyl (C=O) groups excluding carboxylic acids is 1. The Bertz CT molecular complexity index is 361. The van der Waals surface area contributed by atoms with Crippen LogP contribution in [-0.2, 0) is 6.42 Å². The molecule has 0 amide bonds. The molecule has 0 heterocycles. The van der Waals surface area contributed by atoms with E-state index in [0.29, 0.717) is 0 Å². The summed E-state index contributed by atoms with van der Waals surface area (Å²) in [6.45, 7) is 3.69. The van der Waals surface area contributed by atoms with Crippen LogP contribution in [0.2, 0.25) is 0 Å². The minimum Gasteiger partial charge on any atom is -0.295 e. The molecule has 0 N–H and O–H groups in total. The number of hydrogen-bond donors (Lipinski definition) is 0. The summed E-state index contributed by atoms with van der Waals surface area (Å²) in [5, 5.41) is 0. The number of Topliss-reactive ketones (excluding diaryl/α,β-unsaturated/α-hetero) is 1. The van der Waals surface area contributed by atoms with E-state index in [4.69, 9.17) is 0 Å².